The molecule has 1 N–H and O–H groups in total. The van der Waals surface area contributed by atoms with Crippen LogP contribution in [-0.4, -0.2) is 16.9 Å². The van der Waals surface area contributed by atoms with E-state index in [0.717, 1.165) is 17.9 Å². The second-order valence-electron chi connectivity index (χ2n) is 7.50. The summed E-state index contributed by atoms with van der Waals surface area (Å²) in [5.74, 6) is 2.09. The summed E-state index contributed by atoms with van der Waals surface area (Å²) >= 11 is 0. The Morgan fingerprint density at radius 3 is 2.60 bits per heavy atom. The highest BCUT2D eigenvalue weighted by atomic mass is 16.1. The van der Waals surface area contributed by atoms with E-state index >= 15 is 0 Å². The molecule has 1 heterocycles. The van der Waals surface area contributed by atoms with Crippen molar-refractivity contribution in [2.24, 2.45) is 11.8 Å². The van der Waals surface area contributed by atoms with E-state index in [1.165, 1.54) is 31.2 Å². The van der Waals surface area contributed by atoms with Crippen LogP contribution in [0.3, 0.4) is 0 Å². The van der Waals surface area contributed by atoms with Gasteiger partial charge in [-0.15, -0.1) is 0 Å². The van der Waals surface area contributed by atoms with E-state index in [1.807, 2.05) is 18.3 Å². The minimum absolute atomic E-state index is 0.179. The number of amides is 1. The third-order valence-corrected chi connectivity index (χ3v) is 6.06. The third-order valence-electron chi connectivity index (χ3n) is 6.06. The number of nitrogens with zero attached hydrogens (tertiary/aromatic N) is 1. The predicted octanol–water partition coefficient (Wildman–Crippen LogP) is 4.10. The molecular weight excluding hydrogens is 308 g/mol. The lowest BCUT2D eigenvalue weighted by molar-refractivity contribution is -0.124. The van der Waals surface area contributed by atoms with E-state index < -0.39 is 0 Å². The topological polar surface area (TPSA) is 42.0 Å². The predicted molar refractivity (Wildman–Crippen MR) is 99.1 cm³/mol. The van der Waals surface area contributed by atoms with Gasteiger partial charge in [-0.05, 0) is 48.3 Å². The maximum Gasteiger partial charge on any atom is 0.220 e. The molecule has 4 rings (SSSR count). The van der Waals surface area contributed by atoms with Crippen molar-refractivity contribution in [1.82, 2.24) is 10.3 Å². The molecule has 4 atom stereocenters. The molecule has 130 valence electrons. The molecule has 3 nitrogen and oxygen atoms in total. The molecule has 3 heteroatoms. The second-order valence-corrected chi connectivity index (χ2v) is 7.50. The van der Waals surface area contributed by atoms with Crippen molar-refractivity contribution in [2.45, 2.75) is 50.5 Å². The van der Waals surface area contributed by atoms with Gasteiger partial charge in [0.25, 0.3) is 0 Å². The Hall–Kier alpha value is -2.16. The Bertz CT molecular complexity index is 700. The van der Waals surface area contributed by atoms with Crippen LogP contribution >= 0.6 is 0 Å². The van der Waals surface area contributed by atoms with Crippen LogP contribution < -0.4 is 5.32 Å². The van der Waals surface area contributed by atoms with Crippen LogP contribution in [0.1, 0.15) is 49.1 Å². The van der Waals surface area contributed by atoms with Gasteiger partial charge in [0.2, 0.25) is 5.91 Å². The Kier molecular flexibility index (Phi) is 4.82. The SMILES string of the molecule is O=C(CCc1cccnc1)N[C@H]1[C@@H]2CCCC[C@H]2[C@@H]1c1ccccc1. The average Bonchev–Trinajstić information content (AvgIpc) is 2.66. The molecule has 0 radical (unpaired) electrons. The van der Waals surface area contributed by atoms with Gasteiger partial charge in [-0.3, -0.25) is 9.78 Å². The summed E-state index contributed by atoms with van der Waals surface area (Å²) in [6, 6.07) is 15.0. The summed E-state index contributed by atoms with van der Waals surface area (Å²) in [4.78, 5) is 16.7. The molecule has 2 fully saturated rings. The number of pyridine rings is 1. The van der Waals surface area contributed by atoms with Crippen molar-refractivity contribution in [1.29, 1.82) is 0 Å². The molecule has 0 bridgehead atoms. The largest absolute Gasteiger partial charge is 0.352 e. The fourth-order valence-electron chi connectivity index (χ4n) is 4.86. The number of aryl methyl sites for hydroxylation is 1. The van der Waals surface area contributed by atoms with Crippen molar-refractivity contribution in [3.05, 3.63) is 66.0 Å². The number of nitrogens with one attached hydrogen (secondary N) is 1. The molecule has 0 unspecified atom stereocenters. The molecule has 1 aromatic carbocycles. The zero-order chi connectivity index (χ0) is 17.1. The normalized spacial score (nSPS) is 27.8. The lowest BCUT2D eigenvalue weighted by atomic mass is 9.53. The number of carbonyl (C=O) groups excluding carboxylic acids is 1. The summed E-state index contributed by atoms with van der Waals surface area (Å²) in [7, 11) is 0. The van der Waals surface area contributed by atoms with Crippen LogP contribution in [-0.2, 0) is 11.2 Å². The fraction of sp³-hybridized carbons (Fsp3) is 0.455. The molecule has 2 aliphatic rings. The first-order chi connectivity index (χ1) is 12.3. The fourth-order valence-corrected chi connectivity index (χ4v) is 4.86. The van der Waals surface area contributed by atoms with Gasteiger partial charge in [0.1, 0.15) is 0 Å². The smallest absolute Gasteiger partial charge is 0.220 e. The van der Waals surface area contributed by atoms with E-state index in [-0.39, 0.29) is 5.91 Å². The summed E-state index contributed by atoms with van der Waals surface area (Å²) < 4.78 is 0. The van der Waals surface area contributed by atoms with Crippen LogP contribution in [0.2, 0.25) is 0 Å². The summed E-state index contributed by atoms with van der Waals surface area (Å²) in [5.41, 5.74) is 2.52. The molecule has 0 aliphatic heterocycles. The second kappa shape index (κ2) is 7.38. The summed E-state index contributed by atoms with van der Waals surface area (Å²) in [5, 5.41) is 3.38. The van der Waals surface area contributed by atoms with E-state index in [0.29, 0.717) is 24.3 Å². The standard InChI is InChI=1S/C22H26N2O/c25-20(13-12-16-7-6-14-23-15-16)24-22-19-11-5-4-10-18(19)21(22)17-8-2-1-3-9-17/h1-3,6-9,14-15,18-19,21-22H,4-5,10-13H2,(H,24,25)/t18-,19-,21+,22+/m1/s1. The number of hydrogen-bond acceptors (Lipinski definition) is 2. The molecule has 1 aromatic heterocycles. The maximum atomic E-state index is 12.5. The highest BCUT2D eigenvalue weighted by Gasteiger charge is 2.51. The van der Waals surface area contributed by atoms with Gasteiger partial charge in [-0.2, -0.15) is 0 Å². The van der Waals surface area contributed by atoms with Gasteiger partial charge in [0, 0.05) is 30.8 Å². The number of rotatable bonds is 5. The molecule has 2 aliphatic carbocycles. The van der Waals surface area contributed by atoms with Crippen LogP contribution in [0.4, 0.5) is 0 Å². The molecule has 0 spiro atoms. The van der Waals surface area contributed by atoms with Crippen molar-refractivity contribution >= 4 is 5.91 Å². The van der Waals surface area contributed by atoms with E-state index in [2.05, 4.69) is 40.6 Å². The van der Waals surface area contributed by atoms with Gasteiger partial charge < -0.3 is 5.32 Å². The monoisotopic (exact) mass is 334 g/mol. The number of hydrogen-bond donors (Lipinski definition) is 1. The first kappa shape index (κ1) is 16.3. The number of carbonyl (C=O) groups is 1. The van der Waals surface area contributed by atoms with Gasteiger partial charge in [-0.25, -0.2) is 0 Å². The van der Waals surface area contributed by atoms with Gasteiger partial charge in [0.15, 0.2) is 0 Å². The molecule has 2 saturated carbocycles. The van der Waals surface area contributed by atoms with E-state index in [1.54, 1.807) is 6.20 Å². The third kappa shape index (κ3) is 3.46. The Balaban J connectivity index is 1.41. The van der Waals surface area contributed by atoms with Gasteiger partial charge in [0.05, 0.1) is 0 Å². The Labute approximate surface area is 149 Å². The van der Waals surface area contributed by atoms with Crippen molar-refractivity contribution in [3.8, 4) is 0 Å². The molecule has 25 heavy (non-hydrogen) atoms. The Morgan fingerprint density at radius 2 is 1.84 bits per heavy atom. The van der Waals surface area contributed by atoms with Crippen LogP contribution in [0.15, 0.2) is 54.9 Å². The molecule has 2 aromatic rings. The van der Waals surface area contributed by atoms with Crippen LogP contribution in [0.5, 0.6) is 0 Å². The zero-order valence-electron chi connectivity index (χ0n) is 14.6. The molecule has 0 saturated heterocycles. The first-order valence-corrected chi connectivity index (χ1v) is 9.56. The quantitative estimate of drug-likeness (QED) is 0.894. The molecule has 1 amide bonds. The molecular formula is C22H26N2O. The number of fused-ring (bicyclic) bond motifs is 1. The minimum Gasteiger partial charge on any atom is -0.352 e. The van der Waals surface area contributed by atoms with Crippen molar-refractivity contribution < 1.29 is 4.79 Å². The highest BCUT2D eigenvalue weighted by Crippen LogP contribution is 2.54. The first-order valence-electron chi connectivity index (χ1n) is 9.56. The van der Waals surface area contributed by atoms with Crippen LogP contribution in [0, 0.1) is 11.8 Å². The van der Waals surface area contributed by atoms with Crippen molar-refractivity contribution in [2.75, 3.05) is 0 Å². The lowest BCUT2D eigenvalue weighted by Gasteiger charge is -2.55. The van der Waals surface area contributed by atoms with Gasteiger partial charge in [-0.1, -0.05) is 49.2 Å². The number of benzene rings is 1. The lowest BCUT2D eigenvalue weighted by Crippen LogP contribution is -2.59. The summed E-state index contributed by atoms with van der Waals surface area (Å²) in [6.07, 6.45) is 10.1. The maximum absolute atomic E-state index is 12.5. The van der Waals surface area contributed by atoms with E-state index in [9.17, 15) is 4.79 Å². The highest BCUT2D eigenvalue weighted by molar-refractivity contribution is 5.77. The van der Waals surface area contributed by atoms with Gasteiger partial charge >= 0.3 is 0 Å². The summed E-state index contributed by atoms with van der Waals surface area (Å²) in [6.45, 7) is 0. The minimum atomic E-state index is 0.179. The van der Waals surface area contributed by atoms with Crippen molar-refractivity contribution in [3.63, 3.8) is 0 Å². The van der Waals surface area contributed by atoms with E-state index in [4.69, 9.17) is 0 Å². The Morgan fingerprint density at radius 1 is 1.04 bits per heavy atom. The number of aromatic nitrogens is 1. The average molecular weight is 334 g/mol. The zero-order valence-corrected chi connectivity index (χ0v) is 14.6. The van der Waals surface area contributed by atoms with Crippen LogP contribution in [0.25, 0.3) is 0 Å².